The molecule has 0 aliphatic carbocycles. The molecule has 34 heavy (non-hydrogen) atoms. The third kappa shape index (κ3) is 6.28. The van der Waals surface area contributed by atoms with Crippen molar-refractivity contribution in [1.82, 2.24) is 9.88 Å². The van der Waals surface area contributed by atoms with Crippen LogP contribution in [0, 0.1) is 18.6 Å². The molecular weight excluding hydrogens is 512 g/mol. The summed E-state index contributed by atoms with van der Waals surface area (Å²) in [5, 5.41) is 11.5. The van der Waals surface area contributed by atoms with Gasteiger partial charge in [0.25, 0.3) is 5.56 Å². The van der Waals surface area contributed by atoms with Gasteiger partial charge in [-0.05, 0) is 46.1 Å². The van der Waals surface area contributed by atoms with E-state index in [1.165, 1.54) is 6.07 Å². The Morgan fingerprint density at radius 3 is 2.50 bits per heavy atom. The van der Waals surface area contributed by atoms with E-state index in [0.29, 0.717) is 12.2 Å². The molecule has 0 aliphatic heterocycles. The maximum atomic E-state index is 13.9. The molecule has 1 amide bonds. The van der Waals surface area contributed by atoms with Gasteiger partial charge in [0.2, 0.25) is 5.91 Å². The maximum Gasteiger partial charge on any atom is 0.269 e. The lowest BCUT2D eigenvalue weighted by atomic mass is 10.1. The molecule has 0 bridgehead atoms. The van der Waals surface area contributed by atoms with Crippen LogP contribution < -0.4 is 21.3 Å². The van der Waals surface area contributed by atoms with Crippen LogP contribution in [0.2, 0.25) is 0 Å². The Kier molecular flexibility index (Phi) is 8.54. The minimum atomic E-state index is -0.964. The highest BCUT2D eigenvalue weighted by Crippen LogP contribution is 2.24. The number of carbonyl (C=O) groups is 1. The summed E-state index contributed by atoms with van der Waals surface area (Å²) in [5.74, 6) is -1.58. The summed E-state index contributed by atoms with van der Waals surface area (Å²) in [6.45, 7) is 1.74. The molecular formula is C24H24BrF2N3O4. The fraction of sp³-hybridized carbons (Fsp3) is 0.250. The summed E-state index contributed by atoms with van der Waals surface area (Å²) >= 11 is 3.27. The Hall–Kier alpha value is -3.08. The van der Waals surface area contributed by atoms with Gasteiger partial charge in [-0.2, -0.15) is 0 Å². The van der Waals surface area contributed by atoms with E-state index in [9.17, 15) is 18.4 Å². The van der Waals surface area contributed by atoms with E-state index in [1.807, 2.05) is 24.3 Å². The molecule has 1 atom stereocenters. The van der Waals surface area contributed by atoms with E-state index in [-0.39, 0.29) is 34.5 Å². The number of aliphatic hydroxyl groups excluding tert-OH is 1. The highest BCUT2D eigenvalue weighted by Gasteiger charge is 2.14. The minimum absolute atomic E-state index is 0.158. The van der Waals surface area contributed by atoms with Crippen molar-refractivity contribution < 1.29 is 23.4 Å². The Morgan fingerprint density at radius 2 is 1.85 bits per heavy atom. The van der Waals surface area contributed by atoms with Gasteiger partial charge in [0.1, 0.15) is 34.5 Å². The second-order valence-electron chi connectivity index (χ2n) is 7.70. The van der Waals surface area contributed by atoms with Crippen LogP contribution >= 0.6 is 15.9 Å². The van der Waals surface area contributed by atoms with Crippen LogP contribution in [0.5, 0.6) is 5.75 Å². The van der Waals surface area contributed by atoms with Crippen LogP contribution in [0.4, 0.5) is 8.78 Å². The topological polar surface area (TPSA) is 107 Å². The molecule has 0 saturated carbocycles. The van der Waals surface area contributed by atoms with Gasteiger partial charge in [0.05, 0.1) is 13.2 Å². The standard InChI is InChI=1S/C24H24BrF2N3O4/c1-14-8-21(34-13-17-6-7-18(26)9-19(17)27)22(25)24(33)30(14)11-16-4-2-15(3-5-16)10-29-23(32)20(28)12-31/h2-9,20,31H,10-13,28H2,1H3,(H,29,32)/t20-/m1/s1. The van der Waals surface area contributed by atoms with Crippen molar-refractivity contribution in [1.29, 1.82) is 0 Å². The van der Waals surface area contributed by atoms with Crippen molar-refractivity contribution in [3.8, 4) is 5.75 Å². The molecule has 3 aromatic rings. The number of aliphatic hydroxyl groups is 1. The third-order valence-electron chi connectivity index (χ3n) is 5.18. The molecule has 2 aromatic carbocycles. The van der Waals surface area contributed by atoms with Crippen molar-refractivity contribution in [3.05, 3.63) is 97.4 Å². The summed E-state index contributed by atoms with van der Waals surface area (Å²) < 4.78 is 34.3. The predicted molar refractivity (Wildman–Crippen MR) is 126 cm³/mol. The van der Waals surface area contributed by atoms with Gasteiger partial charge in [-0.1, -0.05) is 24.3 Å². The number of hydrogen-bond donors (Lipinski definition) is 3. The zero-order valence-corrected chi connectivity index (χ0v) is 19.9. The lowest BCUT2D eigenvalue weighted by molar-refractivity contribution is -0.123. The average molecular weight is 536 g/mol. The van der Waals surface area contributed by atoms with Crippen molar-refractivity contribution >= 4 is 21.8 Å². The first-order valence-electron chi connectivity index (χ1n) is 10.4. The van der Waals surface area contributed by atoms with Crippen LogP contribution in [0.1, 0.15) is 22.4 Å². The third-order valence-corrected chi connectivity index (χ3v) is 5.91. The van der Waals surface area contributed by atoms with Gasteiger partial charge in [-0.15, -0.1) is 0 Å². The molecule has 0 spiro atoms. The molecule has 0 aliphatic rings. The molecule has 1 aromatic heterocycles. The number of nitrogens with one attached hydrogen (secondary N) is 1. The molecule has 3 rings (SSSR count). The van der Waals surface area contributed by atoms with Crippen molar-refractivity contribution in [2.75, 3.05) is 6.61 Å². The number of ether oxygens (including phenoxy) is 1. The largest absolute Gasteiger partial charge is 0.487 e. The molecule has 0 fully saturated rings. The van der Waals surface area contributed by atoms with E-state index in [0.717, 1.165) is 23.3 Å². The molecule has 1 heterocycles. The summed E-state index contributed by atoms with van der Waals surface area (Å²) in [6.07, 6.45) is 0. The molecule has 0 saturated heterocycles. The number of nitrogens with two attached hydrogens (primary N) is 1. The van der Waals surface area contributed by atoms with Crippen LogP contribution in [-0.4, -0.2) is 28.2 Å². The summed E-state index contributed by atoms with van der Waals surface area (Å²) in [4.78, 5) is 24.6. The Bertz CT molecular complexity index is 1230. The first-order chi connectivity index (χ1) is 16.2. The monoisotopic (exact) mass is 535 g/mol. The van der Waals surface area contributed by atoms with Crippen LogP contribution in [0.25, 0.3) is 0 Å². The number of aromatic nitrogens is 1. The van der Waals surface area contributed by atoms with Crippen molar-refractivity contribution in [3.63, 3.8) is 0 Å². The number of nitrogens with zero attached hydrogens (tertiary/aromatic N) is 1. The van der Waals surface area contributed by atoms with Gasteiger partial charge < -0.3 is 25.5 Å². The summed E-state index contributed by atoms with van der Waals surface area (Å²) in [5.41, 5.74) is 7.66. The van der Waals surface area contributed by atoms with Gasteiger partial charge in [0, 0.05) is 29.9 Å². The van der Waals surface area contributed by atoms with Gasteiger partial charge in [-0.3, -0.25) is 9.59 Å². The number of hydrogen-bond acceptors (Lipinski definition) is 5. The lowest BCUT2D eigenvalue weighted by Gasteiger charge is -2.15. The van der Waals surface area contributed by atoms with Crippen molar-refractivity contribution in [2.24, 2.45) is 5.73 Å². The number of pyridine rings is 1. The normalized spacial score (nSPS) is 11.8. The molecule has 180 valence electrons. The number of halogens is 3. The number of amides is 1. The zero-order chi connectivity index (χ0) is 24.8. The van der Waals surface area contributed by atoms with E-state index < -0.39 is 30.2 Å². The Balaban J connectivity index is 1.69. The van der Waals surface area contributed by atoms with Crippen LogP contribution in [0.15, 0.2) is 57.8 Å². The highest BCUT2D eigenvalue weighted by molar-refractivity contribution is 9.10. The fourth-order valence-corrected chi connectivity index (χ4v) is 3.60. The van der Waals surface area contributed by atoms with E-state index in [2.05, 4.69) is 21.2 Å². The summed E-state index contributed by atoms with van der Waals surface area (Å²) in [6, 6.07) is 11.3. The van der Waals surface area contributed by atoms with Crippen LogP contribution in [-0.2, 0) is 24.5 Å². The Labute approximate surface area is 203 Å². The number of aryl methyl sites for hydroxylation is 1. The first kappa shape index (κ1) is 25.5. The Morgan fingerprint density at radius 1 is 1.18 bits per heavy atom. The average Bonchev–Trinajstić information content (AvgIpc) is 2.82. The van der Waals surface area contributed by atoms with Crippen molar-refractivity contribution in [2.45, 2.75) is 32.7 Å². The molecule has 0 unspecified atom stereocenters. The number of rotatable bonds is 9. The molecule has 0 radical (unpaired) electrons. The molecule has 7 nitrogen and oxygen atoms in total. The van der Waals surface area contributed by atoms with Crippen LogP contribution in [0.3, 0.4) is 0 Å². The minimum Gasteiger partial charge on any atom is -0.487 e. The molecule has 10 heteroatoms. The number of carbonyl (C=O) groups excluding carboxylic acids is 1. The quantitative estimate of drug-likeness (QED) is 0.390. The SMILES string of the molecule is Cc1cc(OCc2ccc(F)cc2F)c(Br)c(=O)n1Cc1ccc(CNC(=O)[C@H](N)CO)cc1. The first-order valence-corrected chi connectivity index (χ1v) is 11.2. The fourth-order valence-electron chi connectivity index (χ4n) is 3.16. The second kappa shape index (κ2) is 11.4. The second-order valence-corrected chi connectivity index (χ2v) is 8.50. The summed E-state index contributed by atoms with van der Waals surface area (Å²) in [7, 11) is 0. The highest BCUT2D eigenvalue weighted by atomic mass is 79.9. The lowest BCUT2D eigenvalue weighted by Crippen LogP contribution is -2.42. The maximum absolute atomic E-state index is 13.9. The number of benzene rings is 2. The molecule has 4 N–H and O–H groups in total. The zero-order valence-electron chi connectivity index (χ0n) is 18.4. The smallest absolute Gasteiger partial charge is 0.269 e. The van der Waals surface area contributed by atoms with Gasteiger partial charge >= 0.3 is 0 Å². The van der Waals surface area contributed by atoms with E-state index >= 15 is 0 Å². The predicted octanol–water partition coefficient (Wildman–Crippen LogP) is 2.76. The van der Waals surface area contributed by atoms with E-state index in [4.69, 9.17) is 15.6 Å². The van der Waals surface area contributed by atoms with Gasteiger partial charge in [-0.25, -0.2) is 8.78 Å². The van der Waals surface area contributed by atoms with Gasteiger partial charge in [0.15, 0.2) is 0 Å². The van der Waals surface area contributed by atoms with E-state index in [1.54, 1.807) is 17.6 Å².